The van der Waals surface area contributed by atoms with Crippen LogP contribution in [-0.2, 0) is 25.6 Å². The minimum atomic E-state index is -0.828. The summed E-state index contributed by atoms with van der Waals surface area (Å²) in [5.74, 6) is -2.12. The van der Waals surface area contributed by atoms with Gasteiger partial charge in [0.05, 0.1) is 6.04 Å². The van der Waals surface area contributed by atoms with Crippen molar-refractivity contribution in [3.05, 3.63) is 22.4 Å². The predicted molar refractivity (Wildman–Crippen MR) is 94.0 cm³/mol. The molecule has 2 atom stereocenters. The number of hydrogen-bond acceptors (Lipinski definition) is 5. The Morgan fingerprint density at radius 3 is 2.76 bits per heavy atom. The van der Waals surface area contributed by atoms with Gasteiger partial charge in [0.2, 0.25) is 17.6 Å². The van der Waals surface area contributed by atoms with E-state index in [1.807, 2.05) is 31.4 Å². The number of Topliss-reactive ketones (excluding diaryl/α,β-unsaturated/α-hetero) is 1. The molecule has 2 rings (SSSR count). The molecule has 2 heterocycles. The third-order valence-corrected chi connectivity index (χ3v) is 4.96. The van der Waals surface area contributed by atoms with Crippen LogP contribution in [0.4, 0.5) is 0 Å². The zero-order chi connectivity index (χ0) is 18.4. The Hall–Kier alpha value is -2.22. The standard InChI is InChI=1S/C17H23N3O4S/c1-10(2)14(20-13(21)6-5-11-4-3-9-25-11)16(23)19-12-7-8-18-17(24)15(12)22/h3-4,9-10,12,14H,5-8H2,1-2H3,(H,18,24)(H,19,23)(H,20,21). The third-order valence-electron chi connectivity index (χ3n) is 4.02. The maximum Gasteiger partial charge on any atom is 0.289 e. The first kappa shape index (κ1) is 19.1. The molecule has 2 unspecified atom stereocenters. The van der Waals surface area contributed by atoms with Crippen molar-refractivity contribution >= 4 is 34.8 Å². The highest BCUT2D eigenvalue weighted by molar-refractivity contribution is 7.09. The fourth-order valence-electron chi connectivity index (χ4n) is 2.58. The van der Waals surface area contributed by atoms with Gasteiger partial charge in [-0.15, -0.1) is 11.3 Å². The highest BCUT2D eigenvalue weighted by Gasteiger charge is 2.33. The molecule has 0 aromatic carbocycles. The number of amides is 3. The fraction of sp³-hybridized carbons (Fsp3) is 0.529. The van der Waals surface area contributed by atoms with Gasteiger partial charge in [-0.3, -0.25) is 19.2 Å². The largest absolute Gasteiger partial charge is 0.349 e. The molecule has 7 nitrogen and oxygen atoms in total. The maximum absolute atomic E-state index is 12.5. The summed E-state index contributed by atoms with van der Waals surface area (Å²) in [7, 11) is 0. The van der Waals surface area contributed by atoms with Crippen LogP contribution >= 0.6 is 11.3 Å². The molecule has 25 heavy (non-hydrogen) atoms. The van der Waals surface area contributed by atoms with Gasteiger partial charge >= 0.3 is 0 Å². The zero-order valence-corrected chi connectivity index (χ0v) is 15.2. The van der Waals surface area contributed by atoms with Gasteiger partial charge in [-0.1, -0.05) is 19.9 Å². The summed E-state index contributed by atoms with van der Waals surface area (Å²) in [6.07, 6.45) is 1.27. The number of rotatable bonds is 7. The van der Waals surface area contributed by atoms with Gasteiger partial charge in [-0.05, 0) is 30.2 Å². The van der Waals surface area contributed by atoms with Gasteiger partial charge in [-0.25, -0.2) is 0 Å². The number of ketones is 1. The molecule has 1 fully saturated rings. The van der Waals surface area contributed by atoms with Crippen LogP contribution in [0, 0.1) is 5.92 Å². The lowest BCUT2D eigenvalue weighted by molar-refractivity contribution is -0.142. The Morgan fingerprint density at radius 2 is 2.12 bits per heavy atom. The molecule has 0 radical (unpaired) electrons. The van der Waals surface area contributed by atoms with Crippen LogP contribution in [0.3, 0.4) is 0 Å². The number of aryl methyl sites for hydroxylation is 1. The van der Waals surface area contributed by atoms with Crippen molar-refractivity contribution in [2.24, 2.45) is 5.92 Å². The molecule has 0 aliphatic carbocycles. The van der Waals surface area contributed by atoms with Crippen LogP contribution in [0.5, 0.6) is 0 Å². The molecule has 1 aromatic rings. The second-order valence-electron chi connectivity index (χ2n) is 6.34. The van der Waals surface area contributed by atoms with Gasteiger partial charge in [-0.2, -0.15) is 0 Å². The molecule has 1 aliphatic heterocycles. The first-order chi connectivity index (χ1) is 11.9. The number of piperidine rings is 1. The van der Waals surface area contributed by atoms with E-state index in [1.54, 1.807) is 11.3 Å². The molecular formula is C17H23N3O4S. The lowest BCUT2D eigenvalue weighted by atomic mass is 10.00. The number of carbonyl (C=O) groups is 4. The predicted octanol–water partition coefficient (Wildman–Crippen LogP) is 0.395. The fourth-order valence-corrected chi connectivity index (χ4v) is 3.29. The van der Waals surface area contributed by atoms with Gasteiger partial charge in [0.1, 0.15) is 6.04 Å². The zero-order valence-electron chi connectivity index (χ0n) is 14.3. The molecule has 0 spiro atoms. The smallest absolute Gasteiger partial charge is 0.289 e. The van der Waals surface area contributed by atoms with E-state index in [0.717, 1.165) is 4.88 Å². The van der Waals surface area contributed by atoms with Crippen LogP contribution in [0.25, 0.3) is 0 Å². The monoisotopic (exact) mass is 365 g/mol. The van der Waals surface area contributed by atoms with E-state index in [0.29, 0.717) is 25.8 Å². The molecule has 1 saturated heterocycles. The molecule has 1 aliphatic rings. The Bertz CT molecular complexity index is 642. The summed E-state index contributed by atoms with van der Waals surface area (Å²) >= 11 is 1.59. The first-order valence-electron chi connectivity index (χ1n) is 8.32. The number of hydrogen-bond donors (Lipinski definition) is 3. The molecule has 3 amide bonds. The van der Waals surface area contributed by atoms with Gasteiger partial charge in [0.15, 0.2) is 0 Å². The molecule has 0 bridgehead atoms. The minimum absolute atomic E-state index is 0.141. The first-order valence-corrected chi connectivity index (χ1v) is 9.20. The van der Waals surface area contributed by atoms with Crippen molar-refractivity contribution in [1.82, 2.24) is 16.0 Å². The van der Waals surface area contributed by atoms with E-state index in [1.165, 1.54) is 0 Å². The molecule has 8 heteroatoms. The van der Waals surface area contributed by atoms with Crippen LogP contribution in [-0.4, -0.2) is 42.1 Å². The summed E-state index contributed by atoms with van der Waals surface area (Å²) in [5.41, 5.74) is 0. The Balaban J connectivity index is 1.90. The molecule has 136 valence electrons. The van der Waals surface area contributed by atoms with Crippen LogP contribution in [0.2, 0.25) is 0 Å². The number of thiophene rings is 1. The molecular weight excluding hydrogens is 342 g/mol. The Labute approximate surface area is 150 Å². The molecule has 1 aromatic heterocycles. The van der Waals surface area contributed by atoms with Crippen molar-refractivity contribution < 1.29 is 19.2 Å². The highest BCUT2D eigenvalue weighted by Crippen LogP contribution is 2.11. The summed E-state index contributed by atoms with van der Waals surface area (Å²) in [6.45, 7) is 3.98. The van der Waals surface area contributed by atoms with E-state index in [-0.39, 0.29) is 11.8 Å². The third kappa shape index (κ3) is 5.38. The summed E-state index contributed by atoms with van der Waals surface area (Å²) in [6, 6.07) is 2.32. The normalized spacial score (nSPS) is 18.6. The molecule has 0 saturated carbocycles. The van der Waals surface area contributed by atoms with Crippen molar-refractivity contribution in [2.45, 2.75) is 45.2 Å². The number of carbonyl (C=O) groups excluding carboxylic acids is 4. The maximum atomic E-state index is 12.5. The van der Waals surface area contributed by atoms with Gasteiger partial charge < -0.3 is 16.0 Å². The Morgan fingerprint density at radius 1 is 1.36 bits per heavy atom. The summed E-state index contributed by atoms with van der Waals surface area (Å²) in [5, 5.41) is 9.72. The SMILES string of the molecule is CC(C)C(NC(=O)CCc1cccs1)C(=O)NC1CCNC(=O)C1=O. The summed E-state index contributed by atoms with van der Waals surface area (Å²) < 4.78 is 0. The van der Waals surface area contributed by atoms with Crippen molar-refractivity contribution in [3.8, 4) is 0 Å². The van der Waals surface area contributed by atoms with E-state index in [4.69, 9.17) is 0 Å². The van der Waals surface area contributed by atoms with E-state index >= 15 is 0 Å². The van der Waals surface area contributed by atoms with Crippen LogP contribution < -0.4 is 16.0 Å². The van der Waals surface area contributed by atoms with Gasteiger partial charge in [0, 0.05) is 17.8 Å². The van der Waals surface area contributed by atoms with Crippen LogP contribution in [0.1, 0.15) is 31.6 Å². The minimum Gasteiger partial charge on any atom is -0.349 e. The van der Waals surface area contributed by atoms with E-state index < -0.39 is 29.7 Å². The average molecular weight is 365 g/mol. The van der Waals surface area contributed by atoms with E-state index in [2.05, 4.69) is 16.0 Å². The van der Waals surface area contributed by atoms with E-state index in [9.17, 15) is 19.2 Å². The lowest BCUT2D eigenvalue weighted by Crippen LogP contribution is -2.58. The van der Waals surface area contributed by atoms with Crippen molar-refractivity contribution in [1.29, 1.82) is 0 Å². The molecule has 3 N–H and O–H groups in total. The highest BCUT2D eigenvalue weighted by atomic mass is 32.1. The average Bonchev–Trinajstić information content (AvgIpc) is 3.08. The Kier molecular flexibility index (Phi) is 6.69. The van der Waals surface area contributed by atoms with Gasteiger partial charge in [0.25, 0.3) is 5.91 Å². The second-order valence-corrected chi connectivity index (χ2v) is 7.37. The lowest BCUT2D eigenvalue weighted by Gasteiger charge is -2.26. The van der Waals surface area contributed by atoms with Crippen molar-refractivity contribution in [2.75, 3.05) is 6.54 Å². The summed E-state index contributed by atoms with van der Waals surface area (Å²) in [4.78, 5) is 48.9. The van der Waals surface area contributed by atoms with Crippen LogP contribution in [0.15, 0.2) is 17.5 Å². The second kappa shape index (κ2) is 8.75. The number of nitrogens with one attached hydrogen (secondary N) is 3. The van der Waals surface area contributed by atoms with Crippen molar-refractivity contribution in [3.63, 3.8) is 0 Å². The topological polar surface area (TPSA) is 104 Å². The quantitative estimate of drug-likeness (QED) is 0.608.